The molecule has 48 heavy (non-hydrogen) atoms. The Hall–Kier alpha value is -6.59. The summed E-state index contributed by atoms with van der Waals surface area (Å²) in [6.07, 6.45) is 0. The summed E-state index contributed by atoms with van der Waals surface area (Å²) in [4.78, 5) is 30.7. The van der Waals surface area contributed by atoms with Gasteiger partial charge in [0.05, 0.1) is 22.5 Å². The summed E-state index contributed by atoms with van der Waals surface area (Å²) in [5.74, 6) is -2.26. The number of pyridine rings is 1. The number of nitrogens with zero attached hydrogens (tertiary/aromatic N) is 1. The Labute approximate surface area is 277 Å². The largest absolute Gasteiger partial charge is 0.478 e. The molecule has 5 heteroatoms. The topological polar surface area (TPSA) is 87.5 Å². The second kappa shape index (κ2) is 11.6. The highest BCUT2D eigenvalue weighted by molar-refractivity contribution is 6.09. The van der Waals surface area contributed by atoms with Gasteiger partial charge in [-0.3, -0.25) is 0 Å². The molecule has 14 bridgehead atoms. The summed E-state index contributed by atoms with van der Waals surface area (Å²) in [5.41, 5.74) is 11.0. The van der Waals surface area contributed by atoms with Crippen molar-refractivity contribution in [3.05, 3.63) is 163 Å². The van der Waals surface area contributed by atoms with Crippen LogP contribution in [0.1, 0.15) is 20.7 Å². The first-order valence-electron chi connectivity index (χ1n) is 15.6. The normalized spacial score (nSPS) is 11.2. The smallest absolute Gasteiger partial charge is 0.336 e. The zero-order chi connectivity index (χ0) is 32.8. The molecule has 0 aliphatic carbocycles. The van der Waals surface area contributed by atoms with Crippen molar-refractivity contribution >= 4 is 11.9 Å². The molecule has 6 aromatic carbocycles. The molecular weight excluding hydrogens is 594 g/mol. The van der Waals surface area contributed by atoms with Crippen LogP contribution >= 0.6 is 0 Å². The Morgan fingerprint density at radius 2 is 0.604 bits per heavy atom. The number of aromatic nitrogens is 1. The Morgan fingerprint density at radius 3 is 0.938 bits per heavy atom. The monoisotopic (exact) mass is 621 g/mol. The number of benzene rings is 6. The van der Waals surface area contributed by atoms with E-state index < -0.39 is 11.9 Å². The minimum Gasteiger partial charge on any atom is -0.478 e. The Bertz CT molecular complexity index is 2190. The quantitative estimate of drug-likeness (QED) is 0.201. The minimum atomic E-state index is -1.13. The van der Waals surface area contributed by atoms with Gasteiger partial charge in [-0.25, -0.2) is 14.6 Å². The predicted molar refractivity (Wildman–Crippen MR) is 190 cm³/mol. The summed E-state index contributed by atoms with van der Waals surface area (Å²) in [6, 6.07) is 48.5. The molecule has 7 aromatic rings. The van der Waals surface area contributed by atoms with E-state index in [0.29, 0.717) is 22.3 Å². The van der Waals surface area contributed by atoms with Crippen molar-refractivity contribution in [2.45, 2.75) is 0 Å². The molecule has 0 fully saturated rings. The number of carboxylic acids is 2. The lowest BCUT2D eigenvalue weighted by Crippen LogP contribution is -2.07. The van der Waals surface area contributed by atoms with Gasteiger partial charge in [0.2, 0.25) is 0 Å². The van der Waals surface area contributed by atoms with Crippen molar-refractivity contribution in [1.29, 1.82) is 0 Å². The van der Waals surface area contributed by atoms with E-state index in [9.17, 15) is 19.8 Å². The minimum absolute atomic E-state index is 0.0494. The van der Waals surface area contributed by atoms with Crippen molar-refractivity contribution in [3.8, 4) is 78.1 Å². The lowest BCUT2D eigenvalue weighted by molar-refractivity contribution is 0.0685. The van der Waals surface area contributed by atoms with Gasteiger partial charge in [-0.05, 0) is 67.8 Å². The van der Waals surface area contributed by atoms with Gasteiger partial charge in [-0.15, -0.1) is 0 Å². The Morgan fingerprint density at radius 1 is 0.333 bits per heavy atom. The Balaban J connectivity index is 1.35. The zero-order valence-electron chi connectivity index (χ0n) is 25.6. The maximum atomic E-state index is 12.9. The van der Waals surface area contributed by atoms with Gasteiger partial charge in [0.25, 0.3) is 0 Å². The fourth-order valence-electron chi connectivity index (χ4n) is 6.60. The molecule has 7 aliphatic heterocycles. The van der Waals surface area contributed by atoms with Gasteiger partial charge in [0.15, 0.2) is 0 Å². The molecule has 5 nitrogen and oxygen atoms in total. The van der Waals surface area contributed by atoms with Crippen molar-refractivity contribution in [3.63, 3.8) is 0 Å². The van der Waals surface area contributed by atoms with Gasteiger partial charge >= 0.3 is 11.9 Å². The van der Waals surface area contributed by atoms with E-state index in [1.807, 2.05) is 66.7 Å². The molecule has 0 spiro atoms. The van der Waals surface area contributed by atoms with E-state index >= 15 is 0 Å². The molecule has 0 amide bonds. The predicted octanol–water partition coefficient (Wildman–Crippen LogP) is 10.5. The van der Waals surface area contributed by atoms with Crippen LogP contribution in [0.4, 0.5) is 0 Å². The molecule has 14 rings (SSSR count). The second-order valence-corrected chi connectivity index (χ2v) is 11.8. The SMILES string of the molecule is O=C(O)c1c2cccc1-c1cccc(c1C(=O)O)-c1ccc(cc1)-c1ccc(cc1)-c1cccc(n1)-c1ccc(cc1)-c1ccc-2cc1. The van der Waals surface area contributed by atoms with E-state index in [-0.39, 0.29) is 11.1 Å². The molecule has 1 aromatic heterocycles. The highest BCUT2D eigenvalue weighted by atomic mass is 16.4. The van der Waals surface area contributed by atoms with E-state index in [0.717, 1.165) is 55.9 Å². The number of hydrogen-bond donors (Lipinski definition) is 2. The van der Waals surface area contributed by atoms with Crippen LogP contribution in [-0.2, 0) is 0 Å². The summed E-state index contributed by atoms with van der Waals surface area (Å²) >= 11 is 0. The molecule has 8 heterocycles. The van der Waals surface area contributed by atoms with Crippen LogP contribution in [0.2, 0.25) is 0 Å². The van der Waals surface area contributed by atoms with Crippen LogP contribution in [0.5, 0.6) is 0 Å². The molecule has 0 saturated carbocycles. The number of carbonyl (C=O) groups is 2. The lowest BCUT2D eigenvalue weighted by atomic mass is 9.86. The third-order valence-corrected chi connectivity index (χ3v) is 9.02. The van der Waals surface area contributed by atoms with Gasteiger partial charge in [0.1, 0.15) is 0 Å². The van der Waals surface area contributed by atoms with Crippen LogP contribution < -0.4 is 0 Å². The van der Waals surface area contributed by atoms with Crippen LogP contribution in [0, 0.1) is 0 Å². The fourth-order valence-corrected chi connectivity index (χ4v) is 6.60. The van der Waals surface area contributed by atoms with Crippen LogP contribution in [0.25, 0.3) is 78.1 Å². The summed E-state index contributed by atoms with van der Waals surface area (Å²) < 4.78 is 0. The van der Waals surface area contributed by atoms with Crippen LogP contribution in [0.3, 0.4) is 0 Å². The average molecular weight is 622 g/mol. The molecule has 0 saturated heterocycles. The number of rotatable bonds is 2. The maximum absolute atomic E-state index is 12.9. The molecular formula is C43H27NO4. The van der Waals surface area contributed by atoms with Crippen molar-refractivity contribution < 1.29 is 19.8 Å². The second-order valence-electron chi connectivity index (χ2n) is 11.8. The third-order valence-electron chi connectivity index (χ3n) is 9.02. The summed E-state index contributed by atoms with van der Waals surface area (Å²) in [6.45, 7) is 0. The first-order valence-corrected chi connectivity index (χ1v) is 15.6. The van der Waals surface area contributed by atoms with Gasteiger partial charge < -0.3 is 10.2 Å². The fraction of sp³-hybridized carbons (Fsp3) is 0. The standard InChI is InChI=1S/C43H27NO4/c45-42(46)40-34-4-1-6-36(40)37-7-2-5-35(41(37)43(47)48)31-20-12-27(13-21-31)29-16-24-33(25-17-29)39-9-3-8-38(44-39)32-22-14-28(15-23-32)26-10-18-30(34)19-11-26/h1-25H,(H,45,46)(H,47,48). The molecule has 2 N–H and O–H groups in total. The maximum Gasteiger partial charge on any atom is 0.336 e. The van der Waals surface area contributed by atoms with Gasteiger partial charge in [0, 0.05) is 11.1 Å². The van der Waals surface area contributed by atoms with Crippen molar-refractivity contribution in [1.82, 2.24) is 4.98 Å². The van der Waals surface area contributed by atoms with E-state index in [4.69, 9.17) is 4.98 Å². The molecule has 228 valence electrons. The summed E-state index contributed by atoms with van der Waals surface area (Å²) in [5, 5.41) is 21.1. The number of hydrogen-bond acceptors (Lipinski definition) is 3. The third kappa shape index (κ3) is 5.04. The van der Waals surface area contributed by atoms with Gasteiger partial charge in [-0.2, -0.15) is 0 Å². The first-order chi connectivity index (χ1) is 23.4. The first kappa shape index (κ1) is 28.9. The molecule has 0 atom stereocenters. The highest BCUT2D eigenvalue weighted by Crippen LogP contribution is 2.39. The van der Waals surface area contributed by atoms with Gasteiger partial charge in [-0.1, -0.05) is 140 Å². The van der Waals surface area contributed by atoms with Crippen molar-refractivity contribution in [2.75, 3.05) is 0 Å². The molecule has 0 radical (unpaired) electrons. The van der Waals surface area contributed by atoms with E-state index in [2.05, 4.69) is 48.5 Å². The number of carboxylic acid groups (broad SMARTS) is 2. The molecule has 0 unspecified atom stereocenters. The zero-order valence-corrected chi connectivity index (χ0v) is 25.6. The Kier molecular flexibility index (Phi) is 7.00. The van der Waals surface area contributed by atoms with E-state index in [1.54, 1.807) is 36.4 Å². The average Bonchev–Trinajstić information content (AvgIpc) is 3.14. The summed E-state index contributed by atoms with van der Waals surface area (Å²) in [7, 11) is 0. The lowest BCUT2D eigenvalue weighted by Gasteiger charge is -2.17. The highest BCUT2D eigenvalue weighted by Gasteiger charge is 2.24. The van der Waals surface area contributed by atoms with Crippen molar-refractivity contribution in [2.24, 2.45) is 0 Å². The van der Waals surface area contributed by atoms with Crippen LogP contribution in [0.15, 0.2) is 152 Å². The number of aromatic carboxylic acids is 2. The van der Waals surface area contributed by atoms with E-state index in [1.165, 1.54) is 0 Å². The molecule has 7 aliphatic rings. The van der Waals surface area contributed by atoms with Crippen LogP contribution in [-0.4, -0.2) is 27.1 Å².